The van der Waals surface area contributed by atoms with E-state index in [1.165, 1.54) is 38.6 Å². The maximum atomic E-state index is 4.63. The summed E-state index contributed by atoms with van der Waals surface area (Å²) in [5, 5.41) is 7.06. The molecule has 0 aromatic heterocycles. The Balaban J connectivity index is 1.54. The van der Waals surface area contributed by atoms with Crippen LogP contribution in [0, 0.1) is 0 Å². The maximum absolute atomic E-state index is 4.63. The standard InChI is InChI=1S/C30H22N2/c1-2-11-22(12-3-1)32-31-20-29-23-13-5-4-10-21(23)18-19-28(29)30-26-16-8-6-14-24(26)25-15-7-9-17-27(25)30/h1-20,30,32H. The van der Waals surface area contributed by atoms with Crippen LogP contribution < -0.4 is 5.43 Å². The molecule has 1 aliphatic rings. The van der Waals surface area contributed by atoms with Gasteiger partial charge in [-0.15, -0.1) is 0 Å². The Morgan fingerprint density at radius 3 is 1.94 bits per heavy atom. The Bertz CT molecular complexity index is 1410. The van der Waals surface area contributed by atoms with Crippen LogP contribution in [-0.2, 0) is 0 Å². The van der Waals surface area contributed by atoms with Gasteiger partial charge in [-0.3, -0.25) is 5.43 Å². The molecule has 0 bridgehead atoms. The zero-order valence-electron chi connectivity index (χ0n) is 17.6. The second kappa shape index (κ2) is 7.82. The van der Waals surface area contributed by atoms with Crippen LogP contribution in [0.2, 0.25) is 0 Å². The second-order valence-corrected chi connectivity index (χ2v) is 8.13. The number of fused-ring (bicyclic) bond motifs is 4. The first-order chi connectivity index (χ1) is 15.9. The van der Waals surface area contributed by atoms with Crippen molar-refractivity contribution in [2.75, 3.05) is 5.43 Å². The van der Waals surface area contributed by atoms with Gasteiger partial charge in [-0.05, 0) is 50.7 Å². The van der Waals surface area contributed by atoms with Crippen LogP contribution in [0.15, 0.2) is 120 Å². The number of rotatable bonds is 4. The number of hydrogen-bond acceptors (Lipinski definition) is 2. The van der Waals surface area contributed by atoms with E-state index in [0.717, 1.165) is 11.3 Å². The van der Waals surface area contributed by atoms with Crippen molar-refractivity contribution < 1.29 is 0 Å². The summed E-state index contributed by atoms with van der Waals surface area (Å²) < 4.78 is 0. The Morgan fingerprint density at radius 1 is 0.562 bits per heavy atom. The molecule has 32 heavy (non-hydrogen) atoms. The average Bonchev–Trinajstić information content (AvgIpc) is 3.19. The minimum atomic E-state index is 0.185. The minimum Gasteiger partial charge on any atom is -0.279 e. The van der Waals surface area contributed by atoms with Gasteiger partial charge in [-0.25, -0.2) is 0 Å². The fourth-order valence-electron chi connectivity index (χ4n) is 4.88. The van der Waals surface area contributed by atoms with Crippen LogP contribution in [-0.4, -0.2) is 6.21 Å². The first-order valence-electron chi connectivity index (χ1n) is 10.9. The molecule has 0 heterocycles. The topological polar surface area (TPSA) is 24.4 Å². The molecule has 0 unspecified atom stereocenters. The number of hydrazone groups is 1. The highest BCUT2D eigenvalue weighted by atomic mass is 15.3. The highest BCUT2D eigenvalue weighted by Crippen LogP contribution is 2.48. The predicted molar refractivity (Wildman–Crippen MR) is 134 cm³/mol. The van der Waals surface area contributed by atoms with Gasteiger partial charge >= 0.3 is 0 Å². The summed E-state index contributed by atoms with van der Waals surface area (Å²) in [4.78, 5) is 0. The lowest BCUT2D eigenvalue weighted by Crippen LogP contribution is -2.05. The minimum absolute atomic E-state index is 0.185. The third-order valence-corrected chi connectivity index (χ3v) is 6.31. The number of nitrogens with one attached hydrogen (secondary N) is 1. The predicted octanol–water partition coefficient (Wildman–Crippen LogP) is 7.45. The fraction of sp³-hybridized carbons (Fsp3) is 0.0333. The van der Waals surface area contributed by atoms with Gasteiger partial charge in [0.15, 0.2) is 0 Å². The van der Waals surface area contributed by atoms with Gasteiger partial charge < -0.3 is 0 Å². The van der Waals surface area contributed by atoms with Crippen LogP contribution in [0.25, 0.3) is 21.9 Å². The van der Waals surface area contributed by atoms with Crippen molar-refractivity contribution in [3.05, 3.63) is 138 Å². The van der Waals surface area contributed by atoms with E-state index in [2.05, 4.69) is 95.5 Å². The zero-order chi connectivity index (χ0) is 21.3. The largest absolute Gasteiger partial charge is 0.279 e. The van der Waals surface area contributed by atoms with Crippen LogP contribution in [0.1, 0.15) is 28.2 Å². The number of benzene rings is 5. The summed E-state index contributed by atoms with van der Waals surface area (Å²) in [5.41, 5.74) is 12.0. The Hall–Kier alpha value is -4.17. The van der Waals surface area contributed by atoms with Crippen molar-refractivity contribution in [1.82, 2.24) is 0 Å². The van der Waals surface area contributed by atoms with E-state index in [0.29, 0.717) is 0 Å². The third-order valence-electron chi connectivity index (χ3n) is 6.31. The molecule has 0 atom stereocenters. The summed E-state index contributed by atoms with van der Waals surface area (Å²) in [7, 11) is 0. The second-order valence-electron chi connectivity index (χ2n) is 8.13. The molecular formula is C30H22N2. The molecule has 0 amide bonds. The van der Waals surface area contributed by atoms with Crippen LogP contribution in [0.5, 0.6) is 0 Å². The van der Waals surface area contributed by atoms with E-state index >= 15 is 0 Å². The smallest absolute Gasteiger partial charge is 0.0561 e. The molecule has 0 spiro atoms. The van der Waals surface area contributed by atoms with Gasteiger partial charge in [0.2, 0.25) is 0 Å². The monoisotopic (exact) mass is 410 g/mol. The van der Waals surface area contributed by atoms with Crippen molar-refractivity contribution in [3.63, 3.8) is 0 Å². The van der Waals surface area contributed by atoms with Crippen LogP contribution >= 0.6 is 0 Å². The molecule has 5 aromatic carbocycles. The number of hydrogen-bond donors (Lipinski definition) is 1. The van der Waals surface area contributed by atoms with Gasteiger partial charge in [0.1, 0.15) is 0 Å². The lowest BCUT2D eigenvalue weighted by atomic mass is 9.84. The van der Waals surface area contributed by atoms with Crippen molar-refractivity contribution in [2.45, 2.75) is 5.92 Å². The van der Waals surface area contributed by atoms with E-state index in [1.807, 2.05) is 36.5 Å². The normalized spacial score (nSPS) is 12.8. The molecule has 1 aliphatic carbocycles. The summed E-state index contributed by atoms with van der Waals surface area (Å²) in [5.74, 6) is 0.185. The summed E-state index contributed by atoms with van der Waals surface area (Å²) in [6.45, 7) is 0. The molecule has 1 N–H and O–H groups in total. The summed E-state index contributed by atoms with van der Waals surface area (Å²) >= 11 is 0. The van der Waals surface area contributed by atoms with Gasteiger partial charge in [0.25, 0.3) is 0 Å². The first kappa shape index (κ1) is 18.6. The van der Waals surface area contributed by atoms with E-state index in [1.54, 1.807) is 0 Å². The summed E-state index contributed by atoms with van der Waals surface area (Å²) in [6, 6.07) is 40.6. The molecule has 0 aliphatic heterocycles. The molecule has 0 saturated carbocycles. The summed E-state index contributed by atoms with van der Waals surface area (Å²) in [6.07, 6.45) is 1.98. The van der Waals surface area contributed by atoms with Crippen molar-refractivity contribution >= 4 is 22.7 Å². The van der Waals surface area contributed by atoms with E-state index in [9.17, 15) is 0 Å². The molecule has 5 aromatic rings. The fourth-order valence-corrected chi connectivity index (χ4v) is 4.88. The van der Waals surface area contributed by atoms with E-state index in [4.69, 9.17) is 0 Å². The SMILES string of the molecule is C(=NNc1ccccc1)c1c(C2c3ccccc3-c3ccccc32)ccc2ccccc12. The maximum Gasteiger partial charge on any atom is 0.0561 e. The van der Waals surface area contributed by atoms with Crippen LogP contribution in [0.3, 0.4) is 0 Å². The number of para-hydroxylation sites is 1. The highest BCUT2D eigenvalue weighted by Gasteiger charge is 2.30. The van der Waals surface area contributed by atoms with Gasteiger partial charge in [0.05, 0.1) is 11.9 Å². The molecular weight excluding hydrogens is 388 g/mol. The van der Waals surface area contributed by atoms with Crippen LogP contribution in [0.4, 0.5) is 5.69 Å². The van der Waals surface area contributed by atoms with Crippen molar-refractivity contribution in [1.29, 1.82) is 0 Å². The van der Waals surface area contributed by atoms with E-state index < -0.39 is 0 Å². The molecule has 0 radical (unpaired) electrons. The Labute approximate surface area is 187 Å². The number of anilines is 1. The average molecular weight is 411 g/mol. The molecule has 2 nitrogen and oxygen atoms in total. The lowest BCUT2D eigenvalue weighted by Gasteiger charge is -2.18. The molecule has 2 heteroatoms. The van der Waals surface area contributed by atoms with E-state index in [-0.39, 0.29) is 5.92 Å². The quantitative estimate of drug-likeness (QED) is 0.237. The van der Waals surface area contributed by atoms with Gasteiger partial charge in [0, 0.05) is 11.5 Å². The van der Waals surface area contributed by atoms with Gasteiger partial charge in [-0.2, -0.15) is 5.10 Å². The van der Waals surface area contributed by atoms with Crippen molar-refractivity contribution in [2.24, 2.45) is 5.10 Å². The lowest BCUT2D eigenvalue weighted by molar-refractivity contribution is 1.02. The molecule has 0 saturated heterocycles. The van der Waals surface area contributed by atoms with Gasteiger partial charge in [-0.1, -0.05) is 103 Å². The number of nitrogens with zero attached hydrogens (tertiary/aromatic N) is 1. The first-order valence-corrected chi connectivity index (χ1v) is 10.9. The highest BCUT2D eigenvalue weighted by molar-refractivity contribution is 6.02. The molecule has 0 fully saturated rings. The third kappa shape index (κ3) is 3.09. The Morgan fingerprint density at radius 2 is 1.19 bits per heavy atom. The molecule has 152 valence electrons. The molecule has 6 rings (SSSR count). The zero-order valence-corrected chi connectivity index (χ0v) is 17.6. The Kier molecular flexibility index (Phi) is 4.54. The van der Waals surface area contributed by atoms with Crippen molar-refractivity contribution in [3.8, 4) is 11.1 Å².